The van der Waals surface area contributed by atoms with Crippen molar-refractivity contribution < 1.29 is 4.39 Å². The number of halogens is 1. The van der Waals surface area contributed by atoms with Crippen molar-refractivity contribution >= 4 is 17.0 Å². The van der Waals surface area contributed by atoms with Crippen molar-refractivity contribution in [1.29, 1.82) is 0 Å². The molecule has 0 aliphatic rings. The highest BCUT2D eigenvalue weighted by Crippen LogP contribution is 2.17. The van der Waals surface area contributed by atoms with Crippen molar-refractivity contribution in [2.45, 2.75) is 19.9 Å². The Hall–Kier alpha value is -1.72. The molecule has 0 fully saturated rings. The predicted octanol–water partition coefficient (Wildman–Crippen LogP) is 1.13. The number of nitrogen functional groups attached to an aromatic ring is 1. The largest absolute Gasteiger partial charge is 0.368 e. The van der Waals surface area contributed by atoms with Gasteiger partial charge in [0.25, 0.3) is 0 Å². The van der Waals surface area contributed by atoms with E-state index in [1.807, 2.05) is 13.8 Å². The summed E-state index contributed by atoms with van der Waals surface area (Å²) in [7, 11) is 0. The fourth-order valence-corrected chi connectivity index (χ4v) is 1.28. The smallest absolute Gasteiger partial charge is 0.228 e. The molecular weight excluding hydrogens is 185 g/mol. The van der Waals surface area contributed by atoms with Crippen LogP contribution in [0.5, 0.6) is 0 Å². The second kappa shape index (κ2) is 2.90. The lowest BCUT2D eigenvalue weighted by atomic mass is 10.4. The van der Waals surface area contributed by atoms with Gasteiger partial charge in [0.15, 0.2) is 5.65 Å². The number of rotatable bonds is 1. The molecule has 0 bridgehead atoms. The first-order chi connectivity index (χ1) is 6.59. The van der Waals surface area contributed by atoms with Gasteiger partial charge in [0.2, 0.25) is 11.9 Å². The summed E-state index contributed by atoms with van der Waals surface area (Å²) in [6, 6.07) is 0.112. The maximum absolute atomic E-state index is 13.2. The van der Waals surface area contributed by atoms with Gasteiger partial charge in [-0.2, -0.15) is 19.5 Å². The highest BCUT2D eigenvalue weighted by atomic mass is 19.1. The first-order valence-electron chi connectivity index (χ1n) is 4.26. The number of hydrogen-bond acceptors (Lipinski definition) is 4. The SMILES string of the molecule is CC(C)n1ncc2c(F)nc(N)nc21. The van der Waals surface area contributed by atoms with Gasteiger partial charge in [0, 0.05) is 6.04 Å². The molecule has 0 radical (unpaired) electrons. The molecule has 6 heteroatoms. The Balaban J connectivity index is 2.78. The molecule has 0 spiro atoms. The van der Waals surface area contributed by atoms with E-state index in [2.05, 4.69) is 15.1 Å². The maximum atomic E-state index is 13.2. The fourth-order valence-electron chi connectivity index (χ4n) is 1.28. The molecule has 74 valence electrons. The molecule has 0 unspecified atom stereocenters. The van der Waals surface area contributed by atoms with Gasteiger partial charge in [-0.05, 0) is 13.8 Å². The number of fused-ring (bicyclic) bond motifs is 1. The van der Waals surface area contributed by atoms with E-state index in [-0.39, 0.29) is 12.0 Å². The highest BCUT2D eigenvalue weighted by Gasteiger charge is 2.12. The standard InChI is InChI=1S/C8H10FN5/c1-4(2)14-7-5(3-11-14)6(9)12-8(10)13-7/h3-4H,1-2H3,(H2,10,12,13). The number of anilines is 1. The van der Waals surface area contributed by atoms with Crippen molar-refractivity contribution in [1.82, 2.24) is 19.7 Å². The lowest BCUT2D eigenvalue weighted by Gasteiger charge is -2.05. The molecule has 2 aromatic heterocycles. The molecule has 0 amide bonds. The summed E-state index contributed by atoms with van der Waals surface area (Å²) in [4.78, 5) is 7.37. The van der Waals surface area contributed by atoms with Crippen LogP contribution in [-0.4, -0.2) is 19.7 Å². The number of nitrogens with two attached hydrogens (primary N) is 1. The van der Waals surface area contributed by atoms with Gasteiger partial charge >= 0.3 is 0 Å². The minimum Gasteiger partial charge on any atom is -0.368 e. The highest BCUT2D eigenvalue weighted by molar-refractivity contribution is 5.75. The molecule has 5 nitrogen and oxygen atoms in total. The van der Waals surface area contributed by atoms with Crippen molar-refractivity contribution in [2.75, 3.05) is 5.73 Å². The van der Waals surface area contributed by atoms with E-state index in [1.165, 1.54) is 6.20 Å². The van der Waals surface area contributed by atoms with Crippen LogP contribution in [0.4, 0.5) is 10.3 Å². The zero-order chi connectivity index (χ0) is 10.3. The topological polar surface area (TPSA) is 69.6 Å². The maximum Gasteiger partial charge on any atom is 0.228 e. The summed E-state index contributed by atoms with van der Waals surface area (Å²) in [5.41, 5.74) is 5.78. The van der Waals surface area contributed by atoms with Gasteiger partial charge in [-0.25, -0.2) is 4.68 Å². The number of aromatic nitrogens is 4. The molecule has 2 heterocycles. The van der Waals surface area contributed by atoms with Crippen LogP contribution < -0.4 is 5.73 Å². The Labute approximate surface area is 79.8 Å². The monoisotopic (exact) mass is 195 g/mol. The van der Waals surface area contributed by atoms with Gasteiger partial charge in [0.05, 0.1) is 11.6 Å². The molecule has 0 aliphatic carbocycles. The van der Waals surface area contributed by atoms with Crippen LogP contribution in [-0.2, 0) is 0 Å². The molecule has 2 aromatic rings. The third kappa shape index (κ3) is 1.19. The van der Waals surface area contributed by atoms with E-state index in [0.717, 1.165) is 0 Å². The average Bonchev–Trinajstić information content (AvgIpc) is 2.47. The summed E-state index contributed by atoms with van der Waals surface area (Å²) >= 11 is 0. The van der Waals surface area contributed by atoms with Crippen LogP contribution in [0.15, 0.2) is 6.20 Å². The summed E-state index contributed by atoms with van der Waals surface area (Å²) in [5.74, 6) is -0.697. The first-order valence-corrected chi connectivity index (χ1v) is 4.26. The molecule has 2 N–H and O–H groups in total. The summed E-state index contributed by atoms with van der Waals surface area (Å²) in [6.45, 7) is 3.87. The molecule has 0 saturated carbocycles. The molecule has 0 saturated heterocycles. The van der Waals surface area contributed by atoms with Crippen LogP contribution in [0, 0.1) is 5.95 Å². The Morgan fingerprint density at radius 2 is 2.14 bits per heavy atom. The molecule has 2 rings (SSSR count). The second-order valence-corrected chi connectivity index (χ2v) is 3.29. The van der Waals surface area contributed by atoms with Crippen LogP contribution in [0.3, 0.4) is 0 Å². The molecule has 0 aromatic carbocycles. The van der Waals surface area contributed by atoms with Crippen molar-refractivity contribution in [3.05, 3.63) is 12.1 Å². The lowest BCUT2D eigenvalue weighted by molar-refractivity contribution is 0.545. The minimum atomic E-state index is -0.626. The van der Waals surface area contributed by atoms with Gasteiger partial charge in [-0.3, -0.25) is 0 Å². The Morgan fingerprint density at radius 1 is 1.43 bits per heavy atom. The average molecular weight is 195 g/mol. The fraction of sp³-hybridized carbons (Fsp3) is 0.375. The first kappa shape index (κ1) is 8.86. The van der Waals surface area contributed by atoms with Gasteiger partial charge in [-0.1, -0.05) is 0 Å². The zero-order valence-corrected chi connectivity index (χ0v) is 7.90. The van der Waals surface area contributed by atoms with Crippen molar-refractivity contribution in [3.8, 4) is 0 Å². The molecule has 0 atom stereocenters. The summed E-state index contributed by atoms with van der Waals surface area (Å²) in [6.07, 6.45) is 1.41. The van der Waals surface area contributed by atoms with Crippen LogP contribution in [0.2, 0.25) is 0 Å². The van der Waals surface area contributed by atoms with Crippen molar-refractivity contribution in [2.24, 2.45) is 0 Å². The van der Waals surface area contributed by atoms with Gasteiger partial charge < -0.3 is 5.73 Å². The van der Waals surface area contributed by atoms with Crippen molar-refractivity contribution in [3.63, 3.8) is 0 Å². The zero-order valence-electron chi connectivity index (χ0n) is 7.90. The van der Waals surface area contributed by atoms with E-state index in [0.29, 0.717) is 11.0 Å². The van der Waals surface area contributed by atoms with E-state index in [9.17, 15) is 4.39 Å². The van der Waals surface area contributed by atoms with E-state index >= 15 is 0 Å². The van der Waals surface area contributed by atoms with Crippen LogP contribution >= 0.6 is 0 Å². The molecular formula is C8H10FN5. The van der Waals surface area contributed by atoms with Gasteiger partial charge in [0.1, 0.15) is 0 Å². The predicted molar refractivity (Wildman–Crippen MR) is 50.1 cm³/mol. The Kier molecular flexibility index (Phi) is 1.83. The third-order valence-corrected chi connectivity index (χ3v) is 1.91. The van der Waals surface area contributed by atoms with E-state index in [1.54, 1.807) is 4.68 Å². The minimum absolute atomic E-state index is 0.0719. The van der Waals surface area contributed by atoms with E-state index in [4.69, 9.17) is 5.73 Å². The van der Waals surface area contributed by atoms with E-state index < -0.39 is 5.95 Å². The summed E-state index contributed by atoms with van der Waals surface area (Å²) in [5, 5.41) is 4.31. The second-order valence-electron chi connectivity index (χ2n) is 3.29. The lowest BCUT2D eigenvalue weighted by Crippen LogP contribution is -2.05. The summed E-state index contributed by atoms with van der Waals surface area (Å²) < 4.78 is 14.8. The molecule has 0 aliphatic heterocycles. The van der Waals surface area contributed by atoms with Gasteiger partial charge in [-0.15, -0.1) is 0 Å². The van der Waals surface area contributed by atoms with Crippen LogP contribution in [0.1, 0.15) is 19.9 Å². The quantitative estimate of drug-likeness (QED) is 0.692. The number of nitrogens with zero attached hydrogens (tertiary/aromatic N) is 4. The third-order valence-electron chi connectivity index (χ3n) is 1.91. The Morgan fingerprint density at radius 3 is 2.79 bits per heavy atom. The normalized spacial score (nSPS) is 11.4. The Bertz CT molecular complexity index is 476. The molecule has 14 heavy (non-hydrogen) atoms. The van der Waals surface area contributed by atoms with Crippen LogP contribution in [0.25, 0.3) is 11.0 Å². The number of hydrogen-bond donors (Lipinski definition) is 1.